The van der Waals surface area contributed by atoms with Crippen molar-refractivity contribution in [1.82, 2.24) is 5.32 Å². The van der Waals surface area contributed by atoms with Gasteiger partial charge in [-0.25, -0.2) is 4.39 Å². The van der Waals surface area contributed by atoms with E-state index in [1.54, 1.807) is 6.92 Å². The molecule has 5 heteroatoms. The van der Waals surface area contributed by atoms with E-state index in [-0.39, 0.29) is 11.7 Å². The number of carbonyl (C=O) groups is 1. The Balaban J connectivity index is 2.39. The number of ether oxygens (including phenoxy) is 1. The van der Waals surface area contributed by atoms with Crippen LogP contribution in [0.25, 0.3) is 0 Å². The standard InChI is InChI=1S/C12H15ClFNO2/c1-9-8-10(2-3-11(9)14)12(16)15-5-7-17-6-4-13/h2-3,8H,4-7H2,1H3,(H,15,16). The van der Waals surface area contributed by atoms with Gasteiger partial charge in [-0.05, 0) is 30.7 Å². The van der Waals surface area contributed by atoms with Crippen LogP contribution < -0.4 is 5.32 Å². The molecule has 0 fully saturated rings. The fraction of sp³-hybridized carbons (Fsp3) is 0.417. The zero-order valence-electron chi connectivity index (χ0n) is 9.63. The van der Waals surface area contributed by atoms with Crippen LogP contribution in [-0.2, 0) is 4.74 Å². The molecule has 1 aromatic rings. The maximum atomic E-state index is 13.0. The van der Waals surface area contributed by atoms with Gasteiger partial charge in [0.05, 0.1) is 13.2 Å². The van der Waals surface area contributed by atoms with Gasteiger partial charge in [-0.1, -0.05) is 0 Å². The van der Waals surface area contributed by atoms with Crippen LogP contribution in [0.1, 0.15) is 15.9 Å². The number of carbonyl (C=O) groups excluding carboxylic acids is 1. The Morgan fingerprint density at radius 2 is 2.24 bits per heavy atom. The highest BCUT2D eigenvalue weighted by Crippen LogP contribution is 2.08. The normalized spacial score (nSPS) is 10.3. The molecule has 0 atom stereocenters. The van der Waals surface area contributed by atoms with Crippen molar-refractivity contribution in [1.29, 1.82) is 0 Å². The van der Waals surface area contributed by atoms with Crippen LogP contribution in [0.5, 0.6) is 0 Å². The van der Waals surface area contributed by atoms with Gasteiger partial charge in [0.2, 0.25) is 0 Å². The molecule has 0 spiro atoms. The molecular weight excluding hydrogens is 245 g/mol. The molecule has 0 unspecified atom stereocenters. The monoisotopic (exact) mass is 259 g/mol. The molecule has 0 saturated heterocycles. The molecule has 1 rings (SSSR count). The fourth-order valence-electron chi connectivity index (χ4n) is 1.28. The van der Waals surface area contributed by atoms with Crippen LogP contribution in [0, 0.1) is 12.7 Å². The lowest BCUT2D eigenvalue weighted by Crippen LogP contribution is -2.27. The van der Waals surface area contributed by atoms with Crippen molar-refractivity contribution in [3.05, 3.63) is 35.1 Å². The molecule has 94 valence electrons. The number of nitrogens with one attached hydrogen (secondary N) is 1. The minimum atomic E-state index is -0.313. The minimum absolute atomic E-state index is 0.234. The first-order valence-electron chi connectivity index (χ1n) is 5.33. The molecule has 1 aromatic carbocycles. The molecule has 0 aliphatic carbocycles. The Morgan fingerprint density at radius 1 is 1.47 bits per heavy atom. The molecule has 1 amide bonds. The van der Waals surface area contributed by atoms with Gasteiger partial charge in [0.15, 0.2) is 0 Å². The molecule has 0 radical (unpaired) electrons. The third kappa shape index (κ3) is 4.71. The molecule has 0 heterocycles. The second-order valence-electron chi connectivity index (χ2n) is 3.52. The molecule has 0 aliphatic rings. The summed E-state index contributed by atoms with van der Waals surface area (Å²) in [4.78, 5) is 11.6. The molecule has 0 aromatic heterocycles. The van der Waals surface area contributed by atoms with Crippen LogP contribution in [0.4, 0.5) is 4.39 Å². The molecule has 3 nitrogen and oxygen atoms in total. The lowest BCUT2D eigenvalue weighted by molar-refractivity contribution is 0.0923. The summed E-state index contributed by atoms with van der Waals surface area (Å²) in [5.74, 6) is -0.111. The van der Waals surface area contributed by atoms with Crippen molar-refractivity contribution in [3.8, 4) is 0 Å². The summed E-state index contributed by atoms with van der Waals surface area (Å²) in [5, 5.41) is 2.68. The van der Waals surface area contributed by atoms with Gasteiger partial charge in [-0.2, -0.15) is 0 Å². The number of amides is 1. The number of halogens is 2. The van der Waals surface area contributed by atoms with E-state index in [1.807, 2.05) is 0 Å². The maximum absolute atomic E-state index is 13.0. The number of hydrogen-bond acceptors (Lipinski definition) is 2. The van der Waals surface area contributed by atoms with E-state index in [1.165, 1.54) is 18.2 Å². The van der Waals surface area contributed by atoms with Crippen LogP contribution in [0.15, 0.2) is 18.2 Å². The highest BCUT2D eigenvalue weighted by Gasteiger charge is 2.06. The molecule has 1 N–H and O–H groups in total. The third-order valence-electron chi connectivity index (χ3n) is 2.17. The maximum Gasteiger partial charge on any atom is 0.251 e. The number of aryl methyl sites for hydroxylation is 1. The van der Waals surface area contributed by atoms with Crippen LogP contribution >= 0.6 is 11.6 Å². The van der Waals surface area contributed by atoms with Gasteiger partial charge in [0, 0.05) is 18.0 Å². The number of rotatable bonds is 6. The third-order valence-corrected chi connectivity index (χ3v) is 2.33. The van der Waals surface area contributed by atoms with Crippen LogP contribution in [0.3, 0.4) is 0 Å². The minimum Gasteiger partial charge on any atom is -0.378 e. The number of hydrogen-bond donors (Lipinski definition) is 1. The zero-order valence-corrected chi connectivity index (χ0v) is 10.4. The largest absolute Gasteiger partial charge is 0.378 e. The summed E-state index contributed by atoms with van der Waals surface area (Å²) in [5.41, 5.74) is 0.900. The summed E-state index contributed by atoms with van der Waals surface area (Å²) < 4.78 is 18.1. The lowest BCUT2D eigenvalue weighted by Gasteiger charge is -2.06. The molecule has 0 saturated carbocycles. The van der Waals surface area contributed by atoms with Gasteiger partial charge in [0.25, 0.3) is 5.91 Å². The molecular formula is C12H15ClFNO2. The van der Waals surface area contributed by atoms with E-state index in [2.05, 4.69) is 5.32 Å². The summed E-state index contributed by atoms with van der Waals surface area (Å²) in [6, 6.07) is 4.26. The molecule has 0 bridgehead atoms. The topological polar surface area (TPSA) is 38.3 Å². The number of alkyl halides is 1. The Kier molecular flexibility index (Phi) is 5.94. The first-order chi connectivity index (χ1) is 8.15. The van der Waals surface area contributed by atoms with Gasteiger partial charge >= 0.3 is 0 Å². The zero-order chi connectivity index (χ0) is 12.7. The molecule has 17 heavy (non-hydrogen) atoms. The van der Waals surface area contributed by atoms with Gasteiger partial charge in [-0.15, -0.1) is 11.6 Å². The van der Waals surface area contributed by atoms with Gasteiger partial charge < -0.3 is 10.1 Å². The van der Waals surface area contributed by atoms with Crippen LogP contribution in [-0.4, -0.2) is 31.5 Å². The van der Waals surface area contributed by atoms with Gasteiger partial charge in [-0.3, -0.25) is 4.79 Å². The predicted octanol–water partition coefficient (Wildman–Crippen LogP) is 2.12. The second-order valence-corrected chi connectivity index (χ2v) is 3.90. The quantitative estimate of drug-likeness (QED) is 0.628. The van der Waals surface area contributed by atoms with Crippen molar-refractivity contribution < 1.29 is 13.9 Å². The van der Waals surface area contributed by atoms with E-state index in [9.17, 15) is 9.18 Å². The molecule has 0 aliphatic heterocycles. The van der Waals surface area contributed by atoms with E-state index in [0.717, 1.165) is 0 Å². The van der Waals surface area contributed by atoms with E-state index >= 15 is 0 Å². The van der Waals surface area contributed by atoms with E-state index in [4.69, 9.17) is 16.3 Å². The van der Waals surface area contributed by atoms with Crippen molar-refractivity contribution in [2.24, 2.45) is 0 Å². The Hall–Kier alpha value is -1.13. The Labute approximate surface area is 105 Å². The first-order valence-corrected chi connectivity index (χ1v) is 5.86. The predicted molar refractivity (Wildman–Crippen MR) is 65.0 cm³/mol. The van der Waals surface area contributed by atoms with Gasteiger partial charge in [0.1, 0.15) is 5.82 Å². The average Bonchev–Trinajstić information content (AvgIpc) is 2.32. The second kappa shape index (κ2) is 7.25. The number of benzene rings is 1. The Morgan fingerprint density at radius 3 is 2.88 bits per heavy atom. The highest BCUT2D eigenvalue weighted by atomic mass is 35.5. The van der Waals surface area contributed by atoms with E-state index < -0.39 is 0 Å². The first kappa shape index (κ1) is 13.9. The smallest absolute Gasteiger partial charge is 0.251 e. The van der Waals surface area contributed by atoms with Crippen molar-refractivity contribution in [3.63, 3.8) is 0 Å². The SMILES string of the molecule is Cc1cc(C(=O)NCCOCCCl)ccc1F. The summed E-state index contributed by atoms with van der Waals surface area (Å²) in [6.45, 7) is 2.91. The van der Waals surface area contributed by atoms with Crippen molar-refractivity contribution in [2.75, 3.05) is 25.6 Å². The van der Waals surface area contributed by atoms with E-state index in [0.29, 0.717) is 36.8 Å². The van der Waals surface area contributed by atoms with Crippen molar-refractivity contribution in [2.45, 2.75) is 6.92 Å². The summed E-state index contributed by atoms with van der Waals surface area (Å²) in [7, 11) is 0. The van der Waals surface area contributed by atoms with Crippen LogP contribution in [0.2, 0.25) is 0 Å². The lowest BCUT2D eigenvalue weighted by atomic mass is 10.1. The average molecular weight is 260 g/mol. The Bertz CT molecular complexity index is 385. The highest BCUT2D eigenvalue weighted by molar-refractivity contribution is 6.17. The summed E-state index contributed by atoms with van der Waals surface area (Å²) >= 11 is 5.42. The fourth-order valence-corrected chi connectivity index (χ4v) is 1.39. The summed E-state index contributed by atoms with van der Waals surface area (Å²) in [6.07, 6.45) is 0. The van der Waals surface area contributed by atoms with Crippen molar-refractivity contribution >= 4 is 17.5 Å².